The molecule has 0 spiro atoms. The first-order chi connectivity index (χ1) is 8.36. The molecule has 0 saturated heterocycles. The highest BCUT2D eigenvalue weighted by molar-refractivity contribution is 4.88. The molecule has 0 radical (unpaired) electrons. The molecule has 17 heavy (non-hydrogen) atoms. The minimum Gasteiger partial charge on any atom is -0.361 e. The van der Waals surface area contributed by atoms with Crippen LogP contribution in [-0.2, 0) is 9.47 Å². The molecule has 0 aliphatic carbocycles. The third-order valence-corrected chi connectivity index (χ3v) is 2.65. The van der Waals surface area contributed by atoms with Crippen LogP contribution in [0.4, 0.5) is 0 Å². The van der Waals surface area contributed by atoms with Crippen LogP contribution in [-0.4, -0.2) is 43.1 Å². The molecule has 0 saturated carbocycles. The van der Waals surface area contributed by atoms with Crippen molar-refractivity contribution in [2.75, 3.05) is 33.3 Å². The topological polar surface area (TPSA) is 24.9 Å². The lowest BCUT2D eigenvalue weighted by atomic mass is 10.4. The summed E-state index contributed by atoms with van der Waals surface area (Å²) in [6.07, 6.45) is 8.79. The predicted octanol–water partition coefficient (Wildman–Crippen LogP) is 2.58. The van der Waals surface area contributed by atoms with Gasteiger partial charge in [-0.15, -0.1) is 0 Å². The largest absolute Gasteiger partial charge is 0.361 e. The maximum Gasteiger partial charge on any atom is 0.119 e. The molecule has 0 unspecified atom stereocenters. The molecule has 0 fully saturated rings. The molecule has 1 aliphatic heterocycles. The molecule has 0 bridgehead atoms. The van der Waals surface area contributed by atoms with Crippen molar-refractivity contribution in [2.45, 2.75) is 39.5 Å². The van der Waals surface area contributed by atoms with Crippen molar-refractivity contribution in [3.05, 3.63) is 12.4 Å². The van der Waals surface area contributed by atoms with E-state index in [4.69, 9.17) is 9.47 Å². The maximum absolute atomic E-state index is 5.56. The van der Waals surface area contributed by atoms with Crippen LogP contribution in [0.25, 0.3) is 0 Å². The molecule has 4 nitrogen and oxygen atoms in total. The number of ether oxygens (including phenoxy) is 2. The fourth-order valence-electron chi connectivity index (χ4n) is 1.54. The molecule has 4 heteroatoms. The quantitative estimate of drug-likeness (QED) is 0.550. The highest BCUT2D eigenvalue weighted by Crippen LogP contribution is 2.06. The molecule has 0 aromatic heterocycles. The fourth-order valence-corrected chi connectivity index (χ4v) is 1.54. The second-order valence-electron chi connectivity index (χ2n) is 4.40. The molecule has 1 aliphatic rings. The maximum atomic E-state index is 5.56. The standard InChI is InChI=1S/C13H26N2O2/c1-3-5-9-16-12-14-7-8-15(11-14)13-17-10-6-4-2/h7-8H,3-6,9-13H2,1-2H3. The summed E-state index contributed by atoms with van der Waals surface area (Å²) in [5.41, 5.74) is 0. The Bertz CT molecular complexity index is 190. The van der Waals surface area contributed by atoms with Gasteiger partial charge in [-0.25, -0.2) is 0 Å². The summed E-state index contributed by atoms with van der Waals surface area (Å²) < 4.78 is 11.1. The zero-order valence-electron chi connectivity index (χ0n) is 11.2. The molecule has 0 amide bonds. The highest BCUT2D eigenvalue weighted by atomic mass is 16.5. The molecule has 0 atom stereocenters. The van der Waals surface area contributed by atoms with Crippen molar-refractivity contribution >= 4 is 0 Å². The van der Waals surface area contributed by atoms with E-state index in [0.717, 1.165) is 32.7 Å². The summed E-state index contributed by atoms with van der Waals surface area (Å²) in [5.74, 6) is 0. The third-order valence-electron chi connectivity index (χ3n) is 2.65. The van der Waals surface area contributed by atoms with Gasteiger partial charge in [0.15, 0.2) is 0 Å². The SMILES string of the molecule is CCCCOCN1C=CN(COCCCC)C1. The first-order valence-corrected chi connectivity index (χ1v) is 6.68. The summed E-state index contributed by atoms with van der Waals surface area (Å²) >= 11 is 0. The third kappa shape index (κ3) is 6.54. The van der Waals surface area contributed by atoms with E-state index in [1.54, 1.807) is 0 Å². The van der Waals surface area contributed by atoms with E-state index in [9.17, 15) is 0 Å². The van der Waals surface area contributed by atoms with Gasteiger partial charge >= 0.3 is 0 Å². The Kier molecular flexibility index (Phi) is 7.84. The van der Waals surface area contributed by atoms with Gasteiger partial charge in [0.25, 0.3) is 0 Å². The first kappa shape index (κ1) is 14.3. The van der Waals surface area contributed by atoms with Gasteiger partial charge in [0.1, 0.15) is 13.5 Å². The molecule has 100 valence electrons. The Morgan fingerprint density at radius 3 is 1.76 bits per heavy atom. The summed E-state index contributed by atoms with van der Waals surface area (Å²) in [5, 5.41) is 0. The lowest BCUT2D eigenvalue weighted by molar-refractivity contribution is 0.0102. The van der Waals surface area contributed by atoms with Gasteiger partial charge < -0.3 is 19.3 Å². The molecular formula is C13H26N2O2. The zero-order chi connectivity index (χ0) is 12.3. The molecule has 1 rings (SSSR count). The summed E-state index contributed by atoms with van der Waals surface area (Å²) in [6.45, 7) is 8.30. The van der Waals surface area contributed by atoms with Crippen molar-refractivity contribution < 1.29 is 9.47 Å². The average Bonchev–Trinajstić information content (AvgIpc) is 2.78. The molecule has 1 heterocycles. The van der Waals surface area contributed by atoms with Gasteiger partial charge in [0.2, 0.25) is 0 Å². The molecule has 0 aromatic carbocycles. The van der Waals surface area contributed by atoms with Gasteiger partial charge in [0, 0.05) is 25.6 Å². The van der Waals surface area contributed by atoms with E-state index in [1.165, 1.54) is 12.8 Å². The van der Waals surface area contributed by atoms with Gasteiger partial charge in [0.05, 0.1) is 6.67 Å². The smallest absolute Gasteiger partial charge is 0.119 e. The van der Waals surface area contributed by atoms with E-state index in [2.05, 4.69) is 36.0 Å². The minimum atomic E-state index is 0.682. The van der Waals surface area contributed by atoms with Crippen LogP contribution >= 0.6 is 0 Å². The number of rotatable bonds is 10. The van der Waals surface area contributed by atoms with Gasteiger partial charge in [-0.3, -0.25) is 0 Å². The lowest BCUT2D eigenvalue weighted by Gasteiger charge is -2.21. The van der Waals surface area contributed by atoms with E-state index >= 15 is 0 Å². The van der Waals surface area contributed by atoms with Crippen LogP contribution in [0.2, 0.25) is 0 Å². The van der Waals surface area contributed by atoms with Crippen molar-refractivity contribution in [1.82, 2.24) is 9.80 Å². The first-order valence-electron chi connectivity index (χ1n) is 6.68. The Morgan fingerprint density at radius 2 is 1.35 bits per heavy atom. The van der Waals surface area contributed by atoms with Crippen LogP contribution in [0.15, 0.2) is 12.4 Å². The lowest BCUT2D eigenvalue weighted by Crippen LogP contribution is -2.29. The van der Waals surface area contributed by atoms with Crippen LogP contribution in [0, 0.1) is 0 Å². The Hall–Kier alpha value is -0.740. The normalized spacial score (nSPS) is 14.9. The van der Waals surface area contributed by atoms with Crippen molar-refractivity contribution in [2.24, 2.45) is 0 Å². The number of hydrogen-bond donors (Lipinski definition) is 0. The Morgan fingerprint density at radius 1 is 0.882 bits per heavy atom. The van der Waals surface area contributed by atoms with Crippen molar-refractivity contribution in [3.8, 4) is 0 Å². The monoisotopic (exact) mass is 242 g/mol. The van der Waals surface area contributed by atoms with E-state index < -0.39 is 0 Å². The number of nitrogens with zero attached hydrogens (tertiary/aromatic N) is 2. The van der Waals surface area contributed by atoms with Crippen molar-refractivity contribution in [3.63, 3.8) is 0 Å². The van der Waals surface area contributed by atoms with Crippen LogP contribution < -0.4 is 0 Å². The Labute approximate surface area is 105 Å². The average molecular weight is 242 g/mol. The Balaban J connectivity index is 1.97. The minimum absolute atomic E-state index is 0.682. The van der Waals surface area contributed by atoms with Crippen LogP contribution in [0.1, 0.15) is 39.5 Å². The molecule has 0 aromatic rings. The molecular weight excluding hydrogens is 216 g/mol. The van der Waals surface area contributed by atoms with Gasteiger partial charge in [-0.05, 0) is 12.8 Å². The van der Waals surface area contributed by atoms with Gasteiger partial charge in [-0.1, -0.05) is 26.7 Å². The van der Waals surface area contributed by atoms with Gasteiger partial charge in [-0.2, -0.15) is 0 Å². The van der Waals surface area contributed by atoms with E-state index in [-0.39, 0.29) is 0 Å². The number of hydrogen-bond acceptors (Lipinski definition) is 4. The van der Waals surface area contributed by atoms with E-state index in [0.29, 0.717) is 13.5 Å². The number of unbranched alkanes of at least 4 members (excludes halogenated alkanes) is 2. The zero-order valence-corrected chi connectivity index (χ0v) is 11.2. The highest BCUT2D eigenvalue weighted by Gasteiger charge is 2.11. The van der Waals surface area contributed by atoms with Crippen molar-refractivity contribution in [1.29, 1.82) is 0 Å². The van der Waals surface area contributed by atoms with E-state index in [1.807, 2.05) is 0 Å². The predicted molar refractivity (Wildman–Crippen MR) is 69.1 cm³/mol. The second-order valence-corrected chi connectivity index (χ2v) is 4.40. The molecule has 0 N–H and O–H groups in total. The van der Waals surface area contributed by atoms with Crippen LogP contribution in [0.5, 0.6) is 0 Å². The summed E-state index contributed by atoms with van der Waals surface area (Å²) in [7, 11) is 0. The summed E-state index contributed by atoms with van der Waals surface area (Å²) in [6, 6.07) is 0. The van der Waals surface area contributed by atoms with Crippen LogP contribution in [0.3, 0.4) is 0 Å². The second kappa shape index (κ2) is 9.31. The summed E-state index contributed by atoms with van der Waals surface area (Å²) in [4.78, 5) is 4.30. The fraction of sp³-hybridized carbons (Fsp3) is 0.846.